The molecule has 31 nitrogen and oxygen atoms in total. The molecule has 20 rings (SSSR count). The van der Waals surface area contributed by atoms with Crippen molar-refractivity contribution < 1.29 is 45.9 Å². The Hall–Kier alpha value is -15.2. The van der Waals surface area contributed by atoms with Crippen LogP contribution in [-0.4, -0.2) is 142 Å². The van der Waals surface area contributed by atoms with Gasteiger partial charge in [0.1, 0.15) is 54.6 Å². The number of nitrogen functional groups attached to an aromatic ring is 4. The maximum atomic E-state index is 12.5. The fourth-order valence-electron chi connectivity index (χ4n) is 18.0. The first-order valence-electron chi connectivity index (χ1n) is 42.9. The lowest BCUT2D eigenvalue weighted by Crippen LogP contribution is -2.25. The van der Waals surface area contributed by atoms with Crippen LogP contribution in [0.25, 0.3) is 105 Å². The number of aromatic nitrogens is 15. The second-order valence-electron chi connectivity index (χ2n) is 32.9. The van der Waals surface area contributed by atoms with Gasteiger partial charge in [0.2, 0.25) is 5.69 Å². The molecule has 9 N–H and O–H groups in total. The van der Waals surface area contributed by atoms with E-state index >= 15 is 0 Å². The van der Waals surface area contributed by atoms with Crippen molar-refractivity contribution in [1.29, 1.82) is 5.26 Å². The van der Waals surface area contributed by atoms with Crippen LogP contribution in [0.3, 0.4) is 0 Å². The highest BCUT2D eigenvalue weighted by Gasteiger charge is 2.36. The highest BCUT2D eigenvalue weighted by atomic mass is 32.2. The summed E-state index contributed by atoms with van der Waals surface area (Å²) in [6.45, 7) is 10.6. The van der Waals surface area contributed by atoms with E-state index in [0.717, 1.165) is 115 Å². The number of aliphatic carboxylic acids is 1. The third-order valence-electron chi connectivity index (χ3n) is 24.9. The first kappa shape index (κ1) is 88.3. The molecule has 0 atom stereocenters. The number of pyridine rings is 3. The molecule has 6 aliphatic rings. The van der Waals surface area contributed by atoms with Gasteiger partial charge < -0.3 is 28.0 Å². The molecular weight excluding hydrogens is 1680 g/mol. The van der Waals surface area contributed by atoms with Crippen molar-refractivity contribution in [3.8, 4) is 73.0 Å². The Morgan fingerprint density at radius 2 is 0.862 bits per heavy atom. The van der Waals surface area contributed by atoms with Crippen LogP contribution in [0.15, 0.2) is 201 Å². The summed E-state index contributed by atoms with van der Waals surface area (Å²) in [5, 5.41) is 36.7. The van der Waals surface area contributed by atoms with Gasteiger partial charge >= 0.3 is 12.1 Å². The summed E-state index contributed by atoms with van der Waals surface area (Å²) in [7, 11) is -6.07. The number of ketones is 2. The minimum absolute atomic E-state index is 0.00288. The van der Waals surface area contributed by atoms with Crippen molar-refractivity contribution in [2.45, 2.75) is 134 Å². The standard InChI is InChI=1S/C24H22N6O2.C24H22N6.C24H23N5O3S.C24H24N4O3S.CO2/c25-11-18-21(15-5-7-16(8-6-15)24(31)32)29-23-19(13-28-30(23)22(18)26)17-9-10-20(27-12-17)14-3-1-2-4-14;1-26-22-21(17-10-6-3-7-11-17)29-24-19(15-28-30(24)23(22)25)18-12-13-20(27-14-18)16-8-4-2-5-9-16;1-15(30)21-22(18-8-11-33(31,32)12-9-18)28-24-20(14-27-29(24)23(21)25)17-6-4-16(5-7-17)19-3-2-10-26-13-19;1-15(29)21-22(19-10-12-32(30,31)13-11-19)27-24-20(14-26-28(24)23(21)25)18-8-6-17(7-9-18)16-4-2-3-5-16;2-1-3/h1,3-4,9-10,12-13,15-16H,2,5-8,26H2,(H,31,32);2,4-5,8-9,12-15,17H,3,6-7,10-11,25H2;2-7,10,13-14,18H,8-9,11-12,25H2,1H3;2,4-9,14,19H,3,10-13,25H2,1H3;. The molecule has 0 radical (unpaired) electrons. The van der Waals surface area contributed by atoms with Gasteiger partial charge in [-0.2, -0.15) is 48.8 Å². The normalized spacial score (nSPS) is 17.0. The second kappa shape index (κ2) is 38.2. The number of benzene rings is 3. The van der Waals surface area contributed by atoms with Crippen molar-refractivity contribution in [1.82, 2.24) is 73.3 Å². The molecule has 130 heavy (non-hydrogen) atoms. The number of nitrogens with zero attached hydrogens (tertiary/aromatic N) is 17. The lowest BCUT2D eigenvalue weighted by molar-refractivity contribution is -0.191. The molecule has 2 saturated carbocycles. The Kier molecular flexibility index (Phi) is 25.9. The minimum atomic E-state index is -3.04. The highest BCUT2D eigenvalue weighted by molar-refractivity contribution is 7.91. The smallest absolute Gasteiger partial charge is 0.373 e. The number of carboxylic acid groups (broad SMARTS) is 1. The summed E-state index contributed by atoms with van der Waals surface area (Å²) in [5.74, 6) is -0.0119. The van der Waals surface area contributed by atoms with Gasteiger partial charge in [0.05, 0.1) is 106 Å². The van der Waals surface area contributed by atoms with E-state index in [4.69, 9.17) is 59.0 Å². The molecule has 3 aromatic carbocycles. The van der Waals surface area contributed by atoms with Gasteiger partial charge in [0.15, 0.2) is 34.2 Å². The Bertz CT molecular complexity index is 7190. The lowest BCUT2D eigenvalue weighted by Gasteiger charge is -2.26. The van der Waals surface area contributed by atoms with Gasteiger partial charge in [-0.05, 0) is 154 Å². The van der Waals surface area contributed by atoms with E-state index in [-0.39, 0.29) is 87.8 Å². The van der Waals surface area contributed by atoms with Gasteiger partial charge in [0, 0.05) is 81.5 Å². The number of anilines is 4. The van der Waals surface area contributed by atoms with Crippen molar-refractivity contribution >= 4 is 106 Å². The Morgan fingerprint density at radius 1 is 0.446 bits per heavy atom. The molecule has 13 heterocycles. The fourth-order valence-corrected chi connectivity index (χ4v) is 21.0. The third-order valence-corrected chi connectivity index (χ3v) is 28.3. The van der Waals surface area contributed by atoms with E-state index in [2.05, 4.69) is 94.8 Å². The van der Waals surface area contributed by atoms with Crippen LogP contribution in [0, 0.1) is 23.8 Å². The fraction of sp³-hybridized carbons (Fsp3) is 0.268. The molecule has 0 spiro atoms. The molecule has 33 heteroatoms. The SMILES string of the molecule is CC(=O)c1c(C2CCS(=O)(=O)CC2)nc2c(-c3ccc(-c4cccnc4)cc3)cnn2c1N.CC(=O)c1c(C2CCS(=O)(=O)CC2)nc2c(-c3ccc(C4=CCC=C4)cc3)cnn2c1N.N#Cc1c(C2CCC(C(=O)O)CC2)nc2c(-c3ccc(C4=CCC=C4)nc3)cnn2c1N.O=C=O.[C-]#[N+]c1c(C2CCCCC2)nc2c(-c3ccc(-c4ccccc4)nc3)cnn2c1N. The van der Waals surface area contributed by atoms with Crippen molar-refractivity contribution in [3.63, 3.8) is 0 Å². The van der Waals surface area contributed by atoms with E-state index in [1.165, 1.54) is 52.2 Å². The van der Waals surface area contributed by atoms with Crippen LogP contribution >= 0.6 is 0 Å². The monoisotopic (exact) mass is 1770 g/mol. The summed E-state index contributed by atoms with van der Waals surface area (Å²) in [4.78, 5) is 89.0. The number of carboxylic acids is 1. The van der Waals surface area contributed by atoms with Gasteiger partial charge in [-0.15, -0.1) is 0 Å². The number of rotatable bonds is 15. The molecule has 0 bridgehead atoms. The van der Waals surface area contributed by atoms with Crippen LogP contribution in [0.4, 0.5) is 29.0 Å². The number of allylic oxidation sites excluding steroid dienone is 8. The van der Waals surface area contributed by atoms with Crippen molar-refractivity contribution in [2.24, 2.45) is 5.92 Å². The minimum Gasteiger partial charge on any atom is -0.481 e. The zero-order chi connectivity index (χ0) is 91.1. The Balaban J connectivity index is 0.000000126. The maximum absolute atomic E-state index is 12.5. The number of hydrogen-bond acceptors (Lipinski definition) is 25. The van der Waals surface area contributed by atoms with Crippen LogP contribution in [0.2, 0.25) is 0 Å². The van der Waals surface area contributed by atoms with Crippen molar-refractivity contribution in [3.05, 3.63) is 263 Å². The summed E-state index contributed by atoms with van der Waals surface area (Å²) < 4.78 is 53.7. The number of fused-ring (bicyclic) bond motifs is 4. The zero-order valence-electron chi connectivity index (χ0n) is 71.2. The molecule has 0 amide bonds. The molecule has 656 valence electrons. The number of nitriles is 1. The summed E-state index contributed by atoms with van der Waals surface area (Å²) in [5.41, 5.74) is 47.2. The van der Waals surface area contributed by atoms with E-state index in [1.807, 2.05) is 116 Å². The van der Waals surface area contributed by atoms with Crippen LogP contribution < -0.4 is 22.9 Å². The number of hydrogen-bond donors (Lipinski definition) is 5. The highest BCUT2D eigenvalue weighted by Crippen LogP contribution is 2.45. The number of Topliss-reactive ketones (excluding diaryl/α,β-unsaturated/α-hetero) is 2. The second-order valence-corrected chi connectivity index (χ2v) is 37.5. The molecule has 2 saturated heterocycles. The van der Waals surface area contributed by atoms with E-state index < -0.39 is 25.6 Å². The van der Waals surface area contributed by atoms with Gasteiger partial charge in [-0.25, -0.2) is 46.1 Å². The largest absolute Gasteiger partial charge is 0.481 e. The summed E-state index contributed by atoms with van der Waals surface area (Å²) in [6, 6.07) is 40.4. The van der Waals surface area contributed by atoms with Gasteiger partial charge in [-0.3, -0.25) is 29.3 Å². The average molecular weight is 1780 g/mol. The van der Waals surface area contributed by atoms with E-state index in [0.29, 0.717) is 119 Å². The Labute approximate surface area is 748 Å². The first-order valence-corrected chi connectivity index (χ1v) is 46.5. The van der Waals surface area contributed by atoms with Crippen molar-refractivity contribution in [2.75, 3.05) is 45.9 Å². The molecule has 4 aliphatic carbocycles. The Morgan fingerprint density at radius 3 is 1.30 bits per heavy atom. The predicted molar refractivity (Wildman–Crippen MR) is 494 cm³/mol. The van der Waals surface area contributed by atoms with E-state index in [9.17, 15) is 41.6 Å². The van der Waals surface area contributed by atoms with Gasteiger partial charge in [0.25, 0.3) is 0 Å². The zero-order valence-corrected chi connectivity index (χ0v) is 72.9. The maximum Gasteiger partial charge on any atom is 0.373 e. The quantitative estimate of drug-likeness (QED) is 0.0470. The van der Waals surface area contributed by atoms with E-state index in [1.54, 1.807) is 41.7 Å². The first-order chi connectivity index (χ1) is 62.9. The summed E-state index contributed by atoms with van der Waals surface area (Å²) >= 11 is 0. The predicted octanol–water partition coefficient (Wildman–Crippen LogP) is 16.4. The topological polar surface area (TPSA) is 466 Å². The molecule has 11 aromatic heterocycles. The third kappa shape index (κ3) is 18.4. The summed E-state index contributed by atoms with van der Waals surface area (Å²) in [6.07, 6.45) is 38.8. The number of carbonyl (C=O) groups is 3. The number of nitrogens with two attached hydrogens (primary N) is 4. The lowest BCUT2D eigenvalue weighted by atomic mass is 9.79. The number of sulfone groups is 2. The van der Waals surface area contributed by atoms with Crippen LogP contribution in [-0.2, 0) is 34.1 Å². The van der Waals surface area contributed by atoms with Gasteiger partial charge in [-0.1, -0.05) is 153 Å². The molecule has 4 fully saturated rings. The molecule has 14 aromatic rings. The number of carbonyl (C=O) groups excluding carboxylic acids is 4. The molecular formula is C97H91N21O10S2. The molecule has 0 unspecified atom stereocenters. The van der Waals surface area contributed by atoms with Crippen LogP contribution in [0.1, 0.15) is 194 Å². The average Bonchev–Trinajstić information content (AvgIpc) is 1.77. The van der Waals surface area contributed by atoms with Crippen LogP contribution in [0.5, 0.6) is 0 Å². The molecule has 2 aliphatic heterocycles.